The van der Waals surface area contributed by atoms with E-state index in [0.717, 1.165) is 6.54 Å². The Morgan fingerprint density at radius 3 is 2.40 bits per heavy atom. The molecule has 0 aliphatic heterocycles. The van der Waals surface area contributed by atoms with Gasteiger partial charge in [-0.05, 0) is 19.7 Å². The average molecular weight is 206 g/mol. The van der Waals surface area contributed by atoms with Gasteiger partial charge in [-0.25, -0.2) is 0 Å². The van der Waals surface area contributed by atoms with E-state index in [1.807, 2.05) is 44.4 Å². The summed E-state index contributed by atoms with van der Waals surface area (Å²) in [6.45, 7) is 0.840. The van der Waals surface area contributed by atoms with Gasteiger partial charge >= 0.3 is 0 Å². The highest BCUT2D eigenvalue weighted by molar-refractivity contribution is 5.74. The van der Waals surface area contributed by atoms with E-state index in [2.05, 4.69) is 4.90 Å². The Kier molecular flexibility index (Phi) is 4.31. The largest absolute Gasteiger partial charge is 0.370 e. The Morgan fingerprint density at radius 2 is 1.93 bits per heavy atom. The van der Waals surface area contributed by atoms with Gasteiger partial charge in [0.2, 0.25) is 5.91 Å². The number of rotatable bonds is 5. The first kappa shape index (κ1) is 11.7. The van der Waals surface area contributed by atoms with Crippen LogP contribution in [-0.4, -0.2) is 31.4 Å². The average Bonchev–Trinajstić information content (AvgIpc) is 2.17. The number of hydrogen-bond acceptors (Lipinski definition) is 2. The van der Waals surface area contributed by atoms with Crippen LogP contribution in [0.3, 0.4) is 0 Å². The molecule has 1 aromatic rings. The van der Waals surface area contributed by atoms with Crippen molar-refractivity contribution in [2.45, 2.75) is 12.3 Å². The zero-order valence-corrected chi connectivity index (χ0v) is 9.31. The molecule has 0 heterocycles. The summed E-state index contributed by atoms with van der Waals surface area (Å²) in [5.41, 5.74) is 6.42. The first-order chi connectivity index (χ1) is 7.09. The Hall–Kier alpha value is -1.35. The van der Waals surface area contributed by atoms with Gasteiger partial charge in [-0.1, -0.05) is 30.3 Å². The molecule has 1 amide bonds. The lowest BCUT2D eigenvalue weighted by Gasteiger charge is -2.20. The number of benzene rings is 1. The van der Waals surface area contributed by atoms with E-state index in [0.29, 0.717) is 6.42 Å². The molecule has 2 N–H and O–H groups in total. The lowest BCUT2D eigenvalue weighted by molar-refractivity contribution is -0.118. The molecular weight excluding hydrogens is 188 g/mol. The lowest BCUT2D eigenvalue weighted by atomic mass is 9.95. The van der Waals surface area contributed by atoms with Crippen LogP contribution in [0.25, 0.3) is 0 Å². The molecular formula is C12H18N2O. The molecule has 15 heavy (non-hydrogen) atoms. The molecule has 1 rings (SSSR count). The highest BCUT2D eigenvalue weighted by Gasteiger charge is 2.14. The van der Waals surface area contributed by atoms with E-state index in [4.69, 9.17) is 5.73 Å². The first-order valence-corrected chi connectivity index (χ1v) is 5.07. The Labute approximate surface area is 90.9 Å². The minimum absolute atomic E-state index is 0.193. The second kappa shape index (κ2) is 5.51. The van der Waals surface area contributed by atoms with Crippen LogP contribution in [0.1, 0.15) is 17.9 Å². The molecule has 82 valence electrons. The molecule has 1 aromatic carbocycles. The summed E-state index contributed by atoms with van der Waals surface area (Å²) in [5, 5.41) is 0. The lowest BCUT2D eigenvalue weighted by Crippen LogP contribution is -2.24. The fraction of sp³-hybridized carbons (Fsp3) is 0.417. The van der Waals surface area contributed by atoms with Gasteiger partial charge < -0.3 is 10.6 Å². The van der Waals surface area contributed by atoms with E-state index in [-0.39, 0.29) is 11.8 Å². The SMILES string of the molecule is CN(C)CC(CC(N)=O)c1ccccc1. The molecule has 1 unspecified atom stereocenters. The zero-order valence-electron chi connectivity index (χ0n) is 9.31. The fourth-order valence-corrected chi connectivity index (χ4v) is 1.70. The minimum atomic E-state index is -0.245. The van der Waals surface area contributed by atoms with Crippen LogP contribution in [0.15, 0.2) is 30.3 Å². The second-order valence-electron chi connectivity index (χ2n) is 4.04. The van der Waals surface area contributed by atoms with Gasteiger partial charge in [0.25, 0.3) is 0 Å². The van der Waals surface area contributed by atoms with Crippen molar-refractivity contribution in [3.8, 4) is 0 Å². The van der Waals surface area contributed by atoms with Gasteiger partial charge in [0.1, 0.15) is 0 Å². The Bertz CT molecular complexity index is 309. The highest BCUT2D eigenvalue weighted by Crippen LogP contribution is 2.19. The molecule has 0 aromatic heterocycles. The van der Waals surface area contributed by atoms with Crippen molar-refractivity contribution in [2.24, 2.45) is 5.73 Å². The molecule has 0 aliphatic carbocycles. The standard InChI is InChI=1S/C12H18N2O/c1-14(2)9-11(8-12(13)15)10-6-4-3-5-7-10/h3-7,11H,8-9H2,1-2H3,(H2,13,15). The van der Waals surface area contributed by atoms with Crippen molar-refractivity contribution in [1.82, 2.24) is 4.90 Å². The Balaban J connectivity index is 2.76. The van der Waals surface area contributed by atoms with Crippen LogP contribution in [0.4, 0.5) is 0 Å². The van der Waals surface area contributed by atoms with Gasteiger partial charge in [-0.15, -0.1) is 0 Å². The number of nitrogens with two attached hydrogens (primary N) is 1. The molecule has 3 heteroatoms. The van der Waals surface area contributed by atoms with Gasteiger partial charge in [0.15, 0.2) is 0 Å². The number of nitrogens with zero attached hydrogens (tertiary/aromatic N) is 1. The smallest absolute Gasteiger partial charge is 0.218 e. The van der Waals surface area contributed by atoms with E-state index < -0.39 is 0 Å². The summed E-state index contributed by atoms with van der Waals surface area (Å²) >= 11 is 0. The fourth-order valence-electron chi connectivity index (χ4n) is 1.70. The molecule has 0 radical (unpaired) electrons. The number of carbonyl (C=O) groups excluding carboxylic acids is 1. The molecule has 1 atom stereocenters. The Morgan fingerprint density at radius 1 is 1.33 bits per heavy atom. The van der Waals surface area contributed by atoms with Gasteiger partial charge in [-0.2, -0.15) is 0 Å². The predicted octanol–water partition coefficient (Wildman–Crippen LogP) is 1.21. The molecule has 0 saturated heterocycles. The third kappa shape index (κ3) is 4.13. The van der Waals surface area contributed by atoms with E-state index >= 15 is 0 Å². The summed E-state index contributed by atoms with van der Waals surface area (Å²) in [7, 11) is 3.99. The maximum Gasteiger partial charge on any atom is 0.218 e. The summed E-state index contributed by atoms with van der Waals surface area (Å²) in [4.78, 5) is 13.0. The monoisotopic (exact) mass is 206 g/mol. The second-order valence-corrected chi connectivity index (χ2v) is 4.04. The first-order valence-electron chi connectivity index (χ1n) is 5.07. The molecule has 0 aliphatic rings. The normalized spacial score (nSPS) is 12.7. The third-order valence-corrected chi connectivity index (χ3v) is 2.30. The highest BCUT2D eigenvalue weighted by atomic mass is 16.1. The minimum Gasteiger partial charge on any atom is -0.370 e. The summed E-state index contributed by atoms with van der Waals surface area (Å²) in [5.74, 6) is -0.0515. The molecule has 0 bridgehead atoms. The van der Waals surface area contributed by atoms with E-state index in [9.17, 15) is 4.79 Å². The summed E-state index contributed by atoms with van der Waals surface area (Å²) in [6, 6.07) is 10.0. The molecule has 0 saturated carbocycles. The maximum atomic E-state index is 11.0. The number of primary amides is 1. The van der Waals surface area contributed by atoms with Crippen molar-refractivity contribution in [3.63, 3.8) is 0 Å². The van der Waals surface area contributed by atoms with Crippen LogP contribution in [0.2, 0.25) is 0 Å². The quantitative estimate of drug-likeness (QED) is 0.787. The van der Waals surface area contributed by atoms with Crippen molar-refractivity contribution in [1.29, 1.82) is 0 Å². The number of likely N-dealkylation sites (N-methyl/N-ethyl adjacent to an activating group) is 1. The van der Waals surface area contributed by atoms with Crippen LogP contribution in [-0.2, 0) is 4.79 Å². The van der Waals surface area contributed by atoms with Crippen molar-refractivity contribution >= 4 is 5.91 Å². The summed E-state index contributed by atoms with van der Waals surface area (Å²) < 4.78 is 0. The number of hydrogen-bond donors (Lipinski definition) is 1. The van der Waals surface area contributed by atoms with Gasteiger partial charge in [0, 0.05) is 18.9 Å². The van der Waals surface area contributed by atoms with Crippen molar-refractivity contribution in [3.05, 3.63) is 35.9 Å². The van der Waals surface area contributed by atoms with Crippen LogP contribution < -0.4 is 5.73 Å². The number of carbonyl (C=O) groups is 1. The molecule has 3 nitrogen and oxygen atoms in total. The van der Waals surface area contributed by atoms with Crippen molar-refractivity contribution < 1.29 is 4.79 Å². The van der Waals surface area contributed by atoms with E-state index in [1.165, 1.54) is 5.56 Å². The van der Waals surface area contributed by atoms with Gasteiger partial charge in [0.05, 0.1) is 0 Å². The van der Waals surface area contributed by atoms with E-state index in [1.54, 1.807) is 0 Å². The maximum absolute atomic E-state index is 11.0. The predicted molar refractivity (Wildman–Crippen MR) is 61.5 cm³/mol. The third-order valence-electron chi connectivity index (χ3n) is 2.30. The van der Waals surface area contributed by atoms with Crippen LogP contribution >= 0.6 is 0 Å². The summed E-state index contributed by atoms with van der Waals surface area (Å²) in [6.07, 6.45) is 0.405. The van der Waals surface area contributed by atoms with Crippen molar-refractivity contribution in [2.75, 3.05) is 20.6 Å². The van der Waals surface area contributed by atoms with Crippen LogP contribution in [0.5, 0.6) is 0 Å². The van der Waals surface area contributed by atoms with Gasteiger partial charge in [-0.3, -0.25) is 4.79 Å². The molecule has 0 spiro atoms. The van der Waals surface area contributed by atoms with Crippen LogP contribution in [0, 0.1) is 0 Å². The molecule has 0 fully saturated rings. The number of amides is 1. The topological polar surface area (TPSA) is 46.3 Å². The zero-order chi connectivity index (χ0) is 11.3.